The van der Waals surface area contributed by atoms with Gasteiger partial charge in [0.25, 0.3) is 0 Å². The molecule has 0 radical (unpaired) electrons. The van der Waals surface area contributed by atoms with Crippen molar-refractivity contribution >= 4 is 23.0 Å². The first kappa shape index (κ1) is 13.2. The van der Waals surface area contributed by atoms with Crippen LogP contribution >= 0.6 is 0 Å². The summed E-state index contributed by atoms with van der Waals surface area (Å²) in [6.45, 7) is 1.59. The predicted octanol–water partition coefficient (Wildman–Crippen LogP) is 2.46. The van der Waals surface area contributed by atoms with Gasteiger partial charge in [0.2, 0.25) is 0 Å². The molecule has 2 aromatic rings. The summed E-state index contributed by atoms with van der Waals surface area (Å²) in [5, 5.41) is 2.93. The van der Waals surface area contributed by atoms with Gasteiger partial charge >= 0.3 is 0 Å². The summed E-state index contributed by atoms with van der Waals surface area (Å²) in [5.41, 5.74) is 2.09. The quantitative estimate of drug-likeness (QED) is 0.800. The van der Waals surface area contributed by atoms with Gasteiger partial charge < -0.3 is 5.32 Å². The molecule has 104 valence electrons. The van der Waals surface area contributed by atoms with Gasteiger partial charge in [-0.15, -0.1) is 0 Å². The maximum Gasteiger partial charge on any atom is 0.196 e. The minimum atomic E-state index is -0.188. The Morgan fingerprint density at radius 1 is 0.905 bits per heavy atom. The third-order valence-electron chi connectivity index (χ3n) is 3.48. The fraction of sp³-hybridized carbons (Fsp3) is 0.118. The van der Waals surface area contributed by atoms with Gasteiger partial charge in [0.05, 0.1) is 12.1 Å². The zero-order chi connectivity index (χ0) is 15.0. The van der Waals surface area contributed by atoms with Crippen LogP contribution in [0, 0.1) is 0 Å². The number of benzene rings is 2. The summed E-state index contributed by atoms with van der Waals surface area (Å²) in [5.74, 6) is -0.388. The number of ketones is 3. The van der Waals surface area contributed by atoms with Gasteiger partial charge in [-0.2, -0.15) is 0 Å². The van der Waals surface area contributed by atoms with Crippen molar-refractivity contribution in [3.05, 3.63) is 64.7 Å². The standard InChI is InChI=1S/C17H13NO3/c1-10(19)9-18-14-8-4-7-13-15(14)17(21)12-6-3-2-5-11(12)16(13)20/h2-8,18H,9H2,1H3. The lowest BCUT2D eigenvalue weighted by atomic mass is 9.83. The molecule has 3 rings (SSSR count). The van der Waals surface area contributed by atoms with E-state index in [-0.39, 0.29) is 23.9 Å². The van der Waals surface area contributed by atoms with Crippen LogP contribution in [0.25, 0.3) is 0 Å². The molecule has 0 saturated carbocycles. The second-order valence-electron chi connectivity index (χ2n) is 4.99. The highest BCUT2D eigenvalue weighted by atomic mass is 16.1. The minimum Gasteiger partial charge on any atom is -0.377 e. The largest absolute Gasteiger partial charge is 0.377 e. The van der Waals surface area contributed by atoms with Crippen molar-refractivity contribution < 1.29 is 14.4 Å². The summed E-state index contributed by atoms with van der Waals surface area (Å²) in [6, 6.07) is 11.9. The topological polar surface area (TPSA) is 63.2 Å². The van der Waals surface area contributed by atoms with E-state index >= 15 is 0 Å². The Morgan fingerprint density at radius 2 is 1.52 bits per heavy atom. The monoisotopic (exact) mass is 279 g/mol. The molecule has 1 N–H and O–H groups in total. The van der Waals surface area contributed by atoms with Crippen molar-refractivity contribution in [2.24, 2.45) is 0 Å². The zero-order valence-corrected chi connectivity index (χ0v) is 11.5. The maximum absolute atomic E-state index is 12.6. The van der Waals surface area contributed by atoms with Crippen LogP contribution in [0.15, 0.2) is 42.5 Å². The summed E-state index contributed by atoms with van der Waals surface area (Å²) < 4.78 is 0. The Balaban J connectivity index is 2.14. The lowest BCUT2D eigenvalue weighted by Gasteiger charge is -2.20. The summed E-state index contributed by atoms with van der Waals surface area (Å²) in [4.78, 5) is 36.3. The average molecular weight is 279 g/mol. The molecule has 2 aromatic carbocycles. The molecule has 1 aliphatic rings. The normalized spacial score (nSPS) is 12.6. The van der Waals surface area contributed by atoms with E-state index in [0.29, 0.717) is 27.9 Å². The van der Waals surface area contributed by atoms with Crippen LogP contribution in [0.4, 0.5) is 5.69 Å². The molecule has 1 aliphatic carbocycles. The Bertz CT molecular complexity index is 777. The van der Waals surface area contributed by atoms with Crippen molar-refractivity contribution in [3.63, 3.8) is 0 Å². The number of fused-ring (bicyclic) bond motifs is 2. The molecule has 0 spiro atoms. The van der Waals surface area contributed by atoms with E-state index in [9.17, 15) is 14.4 Å². The number of Topliss-reactive ketones (excluding diaryl/α,β-unsaturated/α-hetero) is 1. The first-order valence-corrected chi connectivity index (χ1v) is 6.64. The molecule has 4 nitrogen and oxygen atoms in total. The molecule has 4 heteroatoms. The molecule has 0 aliphatic heterocycles. The van der Waals surface area contributed by atoms with Crippen LogP contribution in [0.3, 0.4) is 0 Å². The predicted molar refractivity (Wildman–Crippen MR) is 78.9 cm³/mol. The highest BCUT2D eigenvalue weighted by Crippen LogP contribution is 2.31. The molecule has 0 amide bonds. The average Bonchev–Trinajstić information content (AvgIpc) is 2.50. The van der Waals surface area contributed by atoms with Crippen LogP contribution in [-0.4, -0.2) is 23.9 Å². The van der Waals surface area contributed by atoms with Crippen molar-refractivity contribution in [1.29, 1.82) is 0 Å². The van der Waals surface area contributed by atoms with Gasteiger partial charge in [0, 0.05) is 22.4 Å². The maximum atomic E-state index is 12.6. The molecule has 0 heterocycles. The van der Waals surface area contributed by atoms with E-state index in [0.717, 1.165) is 0 Å². The molecular formula is C17H13NO3. The van der Waals surface area contributed by atoms with E-state index < -0.39 is 0 Å². The number of rotatable bonds is 3. The molecule has 0 unspecified atom stereocenters. The van der Waals surface area contributed by atoms with Crippen molar-refractivity contribution in [3.8, 4) is 0 Å². The number of hydrogen-bond donors (Lipinski definition) is 1. The van der Waals surface area contributed by atoms with Crippen LogP contribution in [-0.2, 0) is 4.79 Å². The van der Waals surface area contributed by atoms with Gasteiger partial charge in [-0.3, -0.25) is 14.4 Å². The summed E-state index contributed by atoms with van der Waals surface area (Å²) in [6.07, 6.45) is 0. The van der Waals surface area contributed by atoms with Gasteiger partial charge in [0.1, 0.15) is 5.78 Å². The van der Waals surface area contributed by atoms with Crippen LogP contribution in [0.5, 0.6) is 0 Å². The third kappa shape index (κ3) is 2.14. The summed E-state index contributed by atoms with van der Waals surface area (Å²) in [7, 11) is 0. The molecular weight excluding hydrogens is 266 g/mol. The van der Waals surface area contributed by atoms with Gasteiger partial charge in [-0.1, -0.05) is 36.4 Å². The molecule has 0 bridgehead atoms. The van der Waals surface area contributed by atoms with Crippen molar-refractivity contribution in [2.75, 3.05) is 11.9 Å². The number of nitrogens with one attached hydrogen (secondary N) is 1. The van der Waals surface area contributed by atoms with E-state index in [1.165, 1.54) is 6.92 Å². The molecule has 0 fully saturated rings. The van der Waals surface area contributed by atoms with E-state index in [1.54, 1.807) is 42.5 Å². The van der Waals surface area contributed by atoms with Crippen molar-refractivity contribution in [1.82, 2.24) is 0 Å². The van der Waals surface area contributed by atoms with E-state index in [2.05, 4.69) is 5.32 Å². The van der Waals surface area contributed by atoms with Gasteiger partial charge in [-0.25, -0.2) is 0 Å². The number of carbonyl (C=O) groups excluding carboxylic acids is 3. The highest BCUT2D eigenvalue weighted by Gasteiger charge is 2.31. The molecule has 21 heavy (non-hydrogen) atoms. The first-order valence-electron chi connectivity index (χ1n) is 6.64. The lowest BCUT2D eigenvalue weighted by Crippen LogP contribution is -2.23. The van der Waals surface area contributed by atoms with Gasteiger partial charge in [0.15, 0.2) is 11.6 Å². The zero-order valence-electron chi connectivity index (χ0n) is 11.5. The highest BCUT2D eigenvalue weighted by molar-refractivity contribution is 6.30. The number of carbonyl (C=O) groups is 3. The van der Waals surface area contributed by atoms with Crippen LogP contribution in [0.2, 0.25) is 0 Å². The number of anilines is 1. The van der Waals surface area contributed by atoms with E-state index in [4.69, 9.17) is 0 Å². The smallest absolute Gasteiger partial charge is 0.196 e. The fourth-order valence-electron chi connectivity index (χ4n) is 2.51. The van der Waals surface area contributed by atoms with Crippen LogP contribution < -0.4 is 5.32 Å². The molecule has 0 atom stereocenters. The Labute approximate surface area is 121 Å². The Morgan fingerprint density at radius 3 is 2.19 bits per heavy atom. The first-order chi connectivity index (χ1) is 10.1. The second kappa shape index (κ2) is 4.98. The summed E-state index contributed by atoms with van der Waals surface area (Å²) >= 11 is 0. The molecule has 0 saturated heterocycles. The van der Waals surface area contributed by atoms with Gasteiger partial charge in [-0.05, 0) is 13.0 Å². The fourth-order valence-corrected chi connectivity index (χ4v) is 2.51. The minimum absolute atomic E-state index is 0.0393. The Hall–Kier alpha value is -2.75. The lowest BCUT2D eigenvalue weighted by molar-refractivity contribution is -0.115. The van der Waals surface area contributed by atoms with Crippen LogP contribution in [0.1, 0.15) is 38.8 Å². The molecule has 0 aromatic heterocycles. The SMILES string of the molecule is CC(=O)CNc1cccc2c1C(=O)c1ccccc1C2=O. The second-order valence-corrected chi connectivity index (χ2v) is 4.99. The number of hydrogen-bond acceptors (Lipinski definition) is 4. The Kier molecular flexibility index (Phi) is 3.14. The van der Waals surface area contributed by atoms with E-state index in [1.807, 2.05) is 0 Å². The van der Waals surface area contributed by atoms with Crippen molar-refractivity contribution in [2.45, 2.75) is 6.92 Å². The third-order valence-corrected chi connectivity index (χ3v) is 3.48.